The van der Waals surface area contributed by atoms with E-state index in [9.17, 15) is 9.90 Å². The lowest BCUT2D eigenvalue weighted by Crippen LogP contribution is -2.36. The van der Waals surface area contributed by atoms with Gasteiger partial charge in [0.25, 0.3) is 5.91 Å². The summed E-state index contributed by atoms with van der Waals surface area (Å²) < 4.78 is 3.62. The topological polar surface area (TPSA) is 109 Å². The predicted octanol–water partition coefficient (Wildman–Crippen LogP) is 3.56. The molecule has 0 spiro atoms. The molecule has 2 N–H and O–H groups in total. The van der Waals surface area contributed by atoms with Crippen LogP contribution in [-0.2, 0) is 13.1 Å². The van der Waals surface area contributed by atoms with Gasteiger partial charge in [0.15, 0.2) is 0 Å². The number of aromatic nitrogens is 4. The first-order chi connectivity index (χ1) is 15.1. The summed E-state index contributed by atoms with van der Waals surface area (Å²) in [5.74, 6) is 0.471. The zero-order valence-corrected chi connectivity index (χ0v) is 19.4. The smallest absolute Gasteiger partial charge is 0.271 e. The van der Waals surface area contributed by atoms with Crippen molar-refractivity contribution in [2.24, 2.45) is 0 Å². The fraction of sp³-hybridized carbons (Fsp3) is 0.391. The number of nitrogens with one attached hydrogen (secondary N) is 1. The number of nitriles is 1. The second kappa shape index (κ2) is 9.55. The molecule has 1 atom stereocenters. The minimum absolute atomic E-state index is 0.179. The average molecular weight is 455 g/mol. The molecule has 32 heavy (non-hydrogen) atoms. The molecule has 0 bridgehead atoms. The molecule has 0 radical (unpaired) electrons. The van der Waals surface area contributed by atoms with Gasteiger partial charge in [-0.3, -0.25) is 9.48 Å². The molecule has 168 valence electrons. The summed E-state index contributed by atoms with van der Waals surface area (Å²) in [7, 11) is 0. The number of benzene rings is 1. The second-order valence-electron chi connectivity index (χ2n) is 8.53. The van der Waals surface area contributed by atoms with Gasteiger partial charge in [0.1, 0.15) is 17.6 Å². The first-order valence-electron chi connectivity index (χ1n) is 10.4. The second-order valence-corrected chi connectivity index (χ2v) is 8.94. The summed E-state index contributed by atoms with van der Waals surface area (Å²) in [5.41, 5.74) is 1.54. The van der Waals surface area contributed by atoms with E-state index in [0.29, 0.717) is 35.8 Å². The Bertz CT molecular complexity index is 1150. The van der Waals surface area contributed by atoms with E-state index < -0.39 is 5.60 Å². The van der Waals surface area contributed by atoms with Gasteiger partial charge < -0.3 is 15.0 Å². The summed E-state index contributed by atoms with van der Waals surface area (Å²) >= 11 is 6.12. The van der Waals surface area contributed by atoms with Gasteiger partial charge in [-0.25, -0.2) is 4.98 Å². The lowest BCUT2D eigenvalue weighted by molar-refractivity contribution is 0.0660. The van der Waals surface area contributed by atoms with Gasteiger partial charge in [0.2, 0.25) is 0 Å². The first-order valence-corrected chi connectivity index (χ1v) is 10.7. The van der Waals surface area contributed by atoms with Crippen LogP contribution in [0.25, 0.3) is 11.3 Å². The van der Waals surface area contributed by atoms with Crippen molar-refractivity contribution in [2.45, 2.75) is 58.8 Å². The Labute approximate surface area is 192 Å². The third-order valence-corrected chi connectivity index (χ3v) is 5.35. The van der Waals surface area contributed by atoms with Crippen molar-refractivity contribution in [1.29, 1.82) is 5.26 Å². The molecule has 3 aromatic rings. The van der Waals surface area contributed by atoms with Gasteiger partial charge >= 0.3 is 0 Å². The van der Waals surface area contributed by atoms with E-state index >= 15 is 0 Å². The first kappa shape index (κ1) is 23.5. The zero-order chi connectivity index (χ0) is 23.5. The van der Waals surface area contributed by atoms with Crippen molar-refractivity contribution in [3.8, 4) is 17.3 Å². The fourth-order valence-electron chi connectivity index (χ4n) is 3.24. The van der Waals surface area contributed by atoms with Gasteiger partial charge in [0.05, 0.1) is 28.4 Å². The van der Waals surface area contributed by atoms with E-state index in [2.05, 4.69) is 15.4 Å². The monoisotopic (exact) mass is 454 g/mol. The van der Waals surface area contributed by atoms with Crippen molar-refractivity contribution >= 4 is 17.5 Å². The summed E-state index contributed by atoms with van der Waals surface area (Å²) in [6.07, 6.45) is 4.11. The molecule has 0 saturated heterocycles. The van der Waals surface area contributed by atoms with Crippen LogP contribution >= 0.6 is 11.6 Å². The molecule has 0 fully saturated rings. The number of carbonyl (C=O) groups is 1. The number of amides is 1. The van der Waals surface area contributed by atoms with Crippen LogP contribution in [0.15, 0.2) is 36.7 Å². The number of rotatable bonds is 8. The molecule has 3 rings (SSSR count). The van der Waals surface area contributed by atoms with Gasteiger partial charge in [0, 0.05) is 30.5 Å². The molecule has 8 nitrogen and oxygen atoms in total. The van der Waals surface area contributed by atoms with E-state index in [1.54, 1.807) is 42.9 Å². The number of aliphatic hydroxyl groups is 1. The van der Waals surface area contributed by atoms with Crippen LogP contribution in [0, 0.1) is 18.3 Å². The van der Waals surface area contributed by atoms with Crippen molar-refractivity contribution in [3.05, 3.63) is 58.8 Å². The molecule has 0 aliphatic rings. The van der Waals surface area contributed by atoms with Crippen LogP contribution in [-0.4, -0.2) is 42.0 Å². The van der Waals surface area contributed by atoms with Gasteiger partial charge in [-0.1, -0.05) is 17.7 Å². The summed E-state index contributed by atoms with van der Waals surface area (Å²) in [5, 5.41) is 26.8. The molecule has 0 aliphatic heterocycles. The highest BCUT2D eigenvalue weighted by Gasteiger charge is 2.18. The number of aryl methyl sites for hydroxylation is 2. The van der Waals surface area contributed by atoms with E-state index in [-0.39, 0.29) is 11.9 Å². The number of hydrogen-bond donors (Lipinski definition) is 2. The molecular weight excluding hydrogens is 428 g/mol. The Morgan fingerprint density at radius 3 is 2.78 bits per heavy atom. The SMILES string of the molecule is Cc1nc(C(=O)NC(C)Cn2ccc(-c3ccc(C#N)c(Cl)c3)n2)cn1CCC(C)(C)O. The number of nitrogens with zero attached hydrogens (tertiary/aromatic N) is 5. The molecule has 1 amide bonds. The average Bonchev–Trinajstić information content (AvgIpc) is 3.32. The number of imidazole rings is 1. The molecule has 0 aliphatic carbocycles. The Hall–Kier alpha value is -3.15. The van der Waals surface area contributed by atoms with Crippen LogP contribution in [0.1, 0.15) is 49.1 Å². The van der Waals surface area contributed by atoms with Crippen molar-refractivity contribution in [1.82, 2.24) is 24.6 Å². The molecule has 1 unspecified atom stereocenters. The van der Waals surface area contributed by atoms with Gasteiger partial charge in [-0.15, -0.1) is 0 Å². The zero-order valence-electron chi connectivity index (χ0n) is 18.6. The lowest BCUT2D eigenvalue weighted by atomic mass is 10.1. The maximum absolute atomic E-state index is 12.6. The number of halogens is 1. The molecule has 1 aromatic carbocycles. The number of hydrogen-bond acceptors (Lipinski definition) is 5. The van der Waals surface area contributed by atoms with Crippen molar-refractivity contribution in [2.75, 3.05) is 0 Å². The highest BCUT2D eigenvalue weighted by Crippen LogP contribution is 2.24. The molecule has 0 saturated carbocycles. The summed E-state index contributed by atoms with van der Waals surface area (Å²) in [4.78, 5) is 17.0. The van der Waals surface area contributed by atoms with Crippen LogP contribution in [0.2, 0.25) is 5.02 Å². The molecule has 2 heterocycles. The fourth-order valence-corrected chi connectivity index (χ4v) is 3.47. The van der Waals surface area contributed by atoms with Crippen molar-refractivity contribution in [3.63, 3.8) is 0 Å². The van der Waals surface area contributed by atoms with Crippen LogP contribution in [0.3, 0.4) is 0 Å². The van der Waals surface area contributed by atoms with Crippen LogP contribution in [0.5, 0.6) is 0 Å². The van der Waals surface area contributed by atoms with Gasteiger partial charge in [-0.2, -0.15) is 10.4 Å². The quantitative estimate of drug-likeness (QED) is 0.541. The standard InChI is InChI=1S/C23H27ClN6O2/c1-15(26-22(31)21-14-29(16(2)27-21)10-8-23(3,4)32)13-30-9-7-20(28-30)17-5-6-18(12-25)19(24)11-17/h5-7,9,11,14-15,32H,8,10,13H2,1-4H3,(H,26,31). The Morgan fingerprint density at radius 2 is 2.12 bits per heavy atom. The Balaban J connectivity index is 1.60. The van der Waals surface area contributed by atoms with Crippen molar-refractivity contribution < 1.29 is 9.90 Å². The highest BCUT2D eigenvalue weighted by molar-refractivity contribution is 6.32. The summed E-state index contributed by atoms with van der Waals surface area (Å²) in [6, 6.07) is 8.91. The van der Waals surface area contributed by atoms with Gasteiger partial charge in [-0.05, 0) is 52.3 Å². The maximum atomic E-state index is 12.6. The highest BCUT2D eigenvalue weighted by atomic mass is 35.5. The minimum Gasteiger partial charge on any atom is -0.390 e. The molecule has 9 heteroatoms. The van der Waals surface area contributed by atoms with E-state index in [1.807, 2.05) is 36.7 Å². The van der Waals surface area contributed by atoms with Crippen LogP contribution < -0.4 is 5.32 Å². The third-order valence-electron chi connectivity index (χ3n) is 5.04. The van der Waals surface area contributed by atoms with E-state index in [1.165, 1.54) is 0 Å². The number of carbonyl (C=O) groups excluding carboxylic acids is 1. The third kappa shape index (κ3) is 5.96. The summed E-state index contributed by atoms with van der Waals surface area (Å²) in [6.45, 7) is 8.31. The van der Waals surface area contributed by atoms with E-state index in [0.717, 1.165) is 17.1 Å². The molecular formula is C23H27ClN6O2. The molecule has 2 aromatic heterocycles. The lowest BCUT2D eigenvalue weighted by Gasteiger charge is -2.17. The minimum atomic E-state index is -0.778. The predicted molar refractivity (Wildman–Crippen MR) is 122 cm³/mol. The normalized spacial score (nSPS) is 12.4. The van der Waals surface area contributed by atoms with Crippen LogP contribution in [0.4, 0.5) is 0 Å². The Morgan fingerprint density at radius 1 is 1.38 bits per heavy atom. The van der Waals surface area contributed by atoms with E-state index in [4.69, 9.17) is 16.9 Å². The maximum Gasteiger partial charge on any atom is 0.271 e. The Kier molecular flexibility index (Phi) is 7.02. The largest absolute Gasteiger partial charge is 0.390 e.